The molecule has 0 atom stereocenters. The van der Waals surface area contributed by atoms with Crippen molar-refractivity contribution in [1.29, 1.82) is 0 Å². The van der Waals surface area contributed by atoms with Crippen LogP contribution in [0.4, 0.5) is 18.9 Å². The van der Waals surface area contributed by atoms with E-state index >= 15 is 0 Å². The molecule has 0 amide bonds. The molecule has 0 bridgehead atoms. The Kier molecular flexibility index (Phi) is 5.45. The van der Waals surface area contributed by atoms with E-state index in [0.29, 0.717) is 24.8 Å². The number of anilines is 1. The molecule has 1 aromatic heterocycles. The van der Waals surface area contributed by atoms with Gasteiger partial charge >= 0.3 is 15.6 Å². The number of rotatable bonds is 7. The number of aromatic nitrogens is 1. The largest absolute Gasteiger partial charge is 0.534 e. The highest BCUT2D eigenvalue weighted by Gasteiger charge is 2.48. The lowest BCUT2D eigenvalue weighted by Crippen LogP contribution is -2.28. The van der Waals surface area contributed by atoms with Crippen molar-refractivity contribution in [3.05, 3.63) is 59.9 Å². The van der Waals surface area contributed by atoms with Crippen molar-refractivity contribution in [2.45, 2.75) is 5.51 Å². The van der Waals surface area contributed by atoms with Gasteiger partial charge in [-0.25, -0.2) is 0 Å². The third-order valence-electron chi connectivity index (χ3n) is 3.34. The zero-order valence-corrected chi connectivity index (χ0v) is 14.2. The first-order chi connectivity index (χ1) is 12.1. The lowest BCUT2D eigenvalue weighted by molar-refractivity contribution is -0.0499. The standard InChI is InChI=1S/C16H15F3N2O4S/c1-3-7-21(8-4-2)11-5-6-12-13(9-11)20-15(22)10-14(12)25-26(23,24)16(17,18)19/h3-6,9-10H,1-2,7-8H2,(H,20,22). The predicted molar refractivity (Wildman–Crippen MR) is 92.8 cm³/mol. The SMILES string of the molecule is C=CCN(CC=C)c1ccc2c(OS(=O)(=O)C(F)(F)F)cc(=O)[nH]c2c1. The maximum Gasteiger partial charge on any atom is 0.534 e. The molecule has 6 nitrogen and oxygen atoms in total. The summed E-state index contributed by atoms with van der Waals surface area (Å²) in [6, 6.07) is 5.06. The average Bonchev–Trinajstić information content (AvgIpc) is 2.52. The van der Waals surface area contributed by atoms with Gasteiger partial charge in [0.05, 0.1) is 5.52 Å². The van der Waals surface area contributed by atoms with Gasteiger partial charge < -0.3 is 14.1 Å². The van der Waals surface area contributed by atoms with E-state index in [1.165, 1.54) is 12.1 Å². The van der Waals surface area contributed by atoms with E-state index in [9.17, 15) is 26.4 Å². The van der Waals surface area contributed by atoms with Crippen LogP contribution >= 0.6 is 0 Å². The molecule has 0 fully saturated rings. The van der Waals surface area contributed by atoms with E-state index in [1.807, 2.05) is 4.90 Å². The summed E-state index contributed by atoms with van der Waals surface area (Å²) in [5.74, 6) is -0.702. The fraction of sp³-hybridized carbons (Fsp3) is 0.188. The quantitative estimate of drug-likeness (QED) is 0.448. The monoisotopic (exact) mass is 388 g/mol. The zero-order chi connectivity index (χ0) is 19.5. The lowest BCUT2D eigenvalue weighted by Gasteiger charge is -2.22. The Balaban J connectivity index is 2.57. The minimum Gasteiger partial charge on any atom is -0.375 e. The molecule has 26 heavy (non-hydrogen) atoms. The molecule has 0 saturated carbocycles. The number of nitrogens with zero attached hydrogens (tertiary/aromatic N) is 1. The summed E-state index contributed by atoms with van der Waals surface area (Å²) >= 11 is 0. The number of fused-ring (bicyclic) bond motifs is 1. The van der Waals surface area contributed by atoms with Crippen LogP contribution < -0.4 is 14.6 Å². The van der Waals surface area contributed by atoms with Gasteiger partial charge in [0.2, 0.25) is 0 Å². The molecule has 0 aliphatic heterocycles. The van der Waals surface area contributed by atoms with Crippen molar-refractivity contribution in [3.8, 4) is 5.75 Å². The molecule has 2 rings (SSSR count). The summed E-state index contributed by atoms with van der Waals surface area (Å²) in [6.07, 6.45) is 3.29. The average molecular weight is 388 g/mol. The highest BCUT2D eigenvalue weighted by atomic mass is 32.2. The third-order valence-corrected chi connectivity index (χ3v) is 4.30. The van der Waals surface area contributed by atoms with Gasteiger partial charge in [-0.3, -0.25) is 4.79 Å². The van der Waals surface area contributed by atoms with Crippen LogP contribution in [-0.4, -0.2) is 32.0 Å². The van der Waals surface area contributed by atoms with Gasteiger partial charge in [0, 0.05) is 30.2 Å². The fourth-order valence-electron chi connectivity index (χ4n) is 2.24. The van der Waals surface area contributed by atoms with Gasteiger partial charge in [-0.15, -0.1) is 13.2 Å². The van der Waals surface area contributed by atoms with Gasteiger partial charge in [0.25, 0.3) is 5.56 Å². The molecular formula is C16H15F3N2O4S. The number of alkyl halides is 3. The van der Waals surface area contributed by atoms with E-state index < -0.39 is 26.9 Å². The summed E-state index contributed by atoms with van der Waals surface area (Å²) in [5.41, 5.74) is -5.66. The van der Waals surface area contributed by atoms with Crippen LogP contribution in [0.2, 0.25) is 0 Å². The highest BCUT2D eigenvalue weighted by molar-refractivity contribution is 7.88. The number of aromatic amines is 1. The van der Waals surface area contributed by atoms with Gasteiger partial charge in [0.15, 0.2) is 5.75 Å². The summed E-state index contributed by atoms with van der Waals surface area (Å²) in [6.45, 7) is 8.19. The molecule has 0 aliphatic carbocycles. The highest BCUT2D eigenvalue weighted by Crippen LogP contribution is 2.31. The number of hydrogen-bond donors (Lipinski definition) is 1. The Morgan fingerprint density at radius 3 is 2.31 bits per heavy atom. The molecule has 0 radical (unpaired) electrons. The van der Waals surface area contributed by atoms with E-state index in [1.54, 1.807) is 18.2 Å². The van der Waals surface area contributed by atoms with Crippen LogP contribution in [0.1, 0.15) is 0 Å². The molecule has 1 N–H and O–H groups in total. The second-order valence-corrected chi connectivity index (χ2v) is 6.73. The molecule has 0 unspecified atom stereocenters. The predicted octanol–water partition coefficient (Wildman–Crippen LogP) is 2.93. The Bertz CT molecular complexity index is 987. The Morgan fingerprint density at radius 2 is 1.77 bits per heavy atom. The maximum atomic E-state index is 12.5. The topological polar surface area (TPSA) is 79.5 Å². The Hall–Kier alpha value is -2.75. The van der Waals surface area contributed by atoms with Crippen molar-refractivity contribution in [2.24, 2.45) is 0 Å². The summed E-state index contributed by atoms with van der Waals surface area (Å²) < 4.78 is 64.2. The maximum absolute atomic E-state index is 12.5. The van der Waals surface area contributed by atoms with E-state index in [0.717, 1.165) is 0 Å². The summed E-state index contributed by atoms with van der Waals surface area (Å²) in [5, 5.41) is 0.0123. The van der Waals surface area contributed by atoms with E-state index in [4.69, 9.17) is 0 Å². The summed E-state index contributed by atoms with van der Waals surface area (Å²) in [7, 11) is -5.89. The molecule has 1 aromatic carbocycles. The number of hydrogen-bond acceptors (Lipinski definition) is 5. The third kappa shape index (κ3) is 4.07. The van der Waals surface area contributed by atoms with Gasteiger partial charge in [0.1, 0.15) is 0 Å². The van der Waals surface area contributed by atoms with Crippen molar-refractivity contribution < 1.29 is 25.8 Å². The van der Waals surface area contributed by atoms with E-state index in [-0.39, 0.29) is 10.9 Å². The lowest BCUT2D eigenvalue weighted by atomic mass is 10.1. The molecule has 1 heterocycles. The van der Waals surface area contributed by atoms with Crippen LogP contribution in [0.3, 0.4) is 0 Å². The van der Waals surface area contributed by atoms with Crippen LogP contribution in [0, 0.1) is 0 Å². The van der Waals surface area contributed by atoms with Crippen LogP contribution in [0.25, 0.3) is 10.9 Å². The van der Waals surface area contributed by atoms with Gasteiger partial charge in [-0.05, 0) is 18.2 Å². The fourth-order valence-corrected chi connectivity index (χ4v) is 2.71. The van der Waals surface area contributed by atoms with Crippen molar-refractivity contribution in [1.82, 2.24) is 4.98 Å². The Morgan fingerprint density at radius 1 is 1.15 bits per heavy atom. The molecule has 140 valence electrons. The smallest absolute Gasteiger partial charge is 0.375 e. The van der Waals surface area contributed by atoms with Gasteiger partial charge in [-0.1, -0.05) is 12.2 Å². The number of H-pyrrole nitrogens is 1. The first-order valence-corrected chi connectivity index (χ1v) is 8.64. The molecular weight excluding hydrogens is 373 g/mol. The summed E-state index contributed by atoms with van der Waals surface area (Å²) in [4.78, 5) is 16.0. The first kappa shape index (κ1) is 19.6. The van der Waals surface area contributed by atoms with Gasteiger partial charge in [-0.2, -0.15) is 21.6 Å². The van der Waals surface area contributed by atoms with Crippen molar-refractivity contribution in [2.75, 3.05) is 18.0 Å². The van der Waals surface area contributed by atoms with Crippen molar-refractivity contribution >= 4 is 26.7 Å². The van der Waals surface area contributed by atoms with Crippen LogP contribution in [0.5, 0.6) is 5.75 Å². The second kappa shape index (κ2) is 7.24. The van der Waals surface area contributed by atoms with E-state index in [2.05, 4.69) is 22.3 Å². The Labute approximate surface area is 147 Å². The molecule has 0 saturated heterocycles. The first-order valence-electron chi connectivity index (χ1n) is 7.23. The number of halogens is 3. The molecule has 0 aliphatic rings. The second-order valence-electron chi connectivity index (χ2n) is 5.19. The molecule has 2 aromatic rings. The molecule has 10 heteroatoms. The number of benzene rings is 1. The van der Waals surface area contributed by atoms with Crippen molar-refractivity contribution in [3.63, 3.8) is 0 Å². The minimum atomic E-state index is -5.89. The van der Waals surface area contributed by atoms with Crippen LogP contribution in [-0.2, 0) is 10.1 Å². The number of pyridine rings is 1. The minimum absolute atomic E-state index is 0.0123. The molecule has 0 spiro atoms. The zero-order valence-electron chi connectivity index (χ0n) is 13.4. The normalized spacial score (nSPS) is 12.0. The number of nitrogens with one attached hydrogen (secondary N) is 1. The van der Waals surface area contributed by atoms with Crippen LogP contribution in [0.15, 0.2) is 54.4 Å².